The highest BCUT2D eigenvalue weighted by molar-refractivity contribution is 6.12. The zero-order chi connectivity index (χ0) is 36.5. The Morgan fingerprint density at radius 3 is 2.48 bits per heavy atom. The maximum absolute atomic E-state index is 15.4. The molecule has 0 bridgehead atoms. The topological polar surface area (TPSA) is 133 Å². The Morgan fingerprint density at radius 2 is 1.73 bits per heavy atom. The van der Waals surface area contributed by atoms with Crippen LogP contribution in [0.2, 0.25) is 0 Å². The van der Waals surface area contributed by atoms with Gasteiger partial charge in [0, 0.05) is 25.0 Å². The average Bonchev–Trinajstić information content (AvgIpc) is 3.51. The Balaban J connectivity index is 1.02. The molecule has 0 unspecified atom stereocenters. The fourth-order valence-electron chi connectivity index (χ4n) is 7.14. The lowest BCUT2D eigenvalue weighted by Gasteiger charge is -2.38. The number of carbonyl (C=O) groups excluding carboxylic acids is 3. The molecule has 2 N–H and O–H groups in total. The second-order valence-corrected chi connectivity index (χ2v) is 14.5. The van der Waals surface area contributed by atoms with Gasteiger partial charge in [-0.3, -0.25) is 14.4 Å². The number of esters is 1. The second-order valence-electron chi connectivity index (χ2n) is 14.5. The van der Waals surface area contributed by atoms with E-state index < -0.39 is 29.2 Å². The Bertz CT molecular complexity index is 2150. The van der Waals surface area contributed by atoms with Crippen molar-refractivity contribution in [3.63, 3.8) is 0 Å². The highest BCUT2D eigenvalue weighted by Gasteiger charge is 2.40. The van der Waals surface area contributed by atoms with Crippen LogP contribution in [0.4, 0.5) is 10.2 Å². The molecule has 52 heavy (non-hydrogen) atoms. The van der Waals surface area contributed by atoms with Gasteiger partial charge < -0.3 is 24.8 Å². The van der Waals surface area contributed by atoms with E-state index in [-0.39, 0.29) is 52.1 Å². The van der Waals surface area contributed by atoms with Crippen molar-refractivity contribution in [1.29, 1.82) is 0 Å². The van der Waals surface area contributed by atoms with Gasteiger partial charge in [-0.25, -0.2) is 13.9 Å². The number of ether oxygens (including phenoxy) is 3. The number of fused-ring (bicyclic) bond motifs is 2. The van der Waals surface area contributed by atoms with Crippen LogP contribution in [0.1, 0.15) is 85.1 Å². The van der Waals surface area contributed by atoms with Gasteiger partial charge in [0.05, 0.1) is 24.2 Å². The monoisotopic (exact) mass is 707 g/mol. The van der Waals surface area contributed by atoms with Gasteiger partial charge in [0.15, 0.2) is 23.0 Å². The molecule has 0 atom stereocenters. The molecular weight excluding hydrogens is 665 g/mol. The number of amides is 2. The minimum absolute atomic E-state index is 0.00471. The van der Waals surface area contributed by atoms with E-state index in [9.17, 15) is 14.4 Å². The Morgan fingerprint density at radius 1 is 0.962 bits per heavy atom. The van der Waals surface area contributed by atoms with E-state index in [1.54, 1.807) is 18.5 Å². The number of carbonyl (C=O) groups is 3. The summed E-state index contributed by atoms with van der Waals surface area (Å²) in [6, 6.07) is 18.0. The van der Waals surface area contributed by atoms with Gasteiger partial charge in [-0.1, -0.05) is 55.8 Å². The number of rotatable bonds is 11. The fourth-order valence-corrected chi connectivity index (χ4v) is 7.14. The summed E-state index contributed by atoms with van der Waals surface area (Å²) in [4.78, 5) is 44.8. The molecule has 5 aromatic rings. The lowest BCUT2D eigenvalue weighted by molar-refractivity contribution is -0.159. The van der Waals surface area contributed by atoms with E-state index >= 15 is 4.39 Å². The Labute approximate surface area is 300 Å². The number of nitrogens with zero attached hydrogens (tertiary/aromatic N) is 3. The molecule has 270 valence electrons. The highest BCUT2D eigenvalue weighted by atomic mass is 19.1. The van der Waals surface area contributed by atoms with Crippen LogP contribution in [-0.4, -0.2) is 52.1 Å². The van der Waals surface area contributed by atoms with E-state index in [2.05, 4.69) is 27.6 Å². The molecule has 2 aliphatic rings. The van der Waals surface area contributed by atoms with Crippen molar-refractivity contribution < 1.29 is 33.0 Å². The van der Waals surface area contributed by atoms with Gasteiger partial charge in [0.25, 0.3) is 11.8 Å². The molecule has 2 aliphatic carbocycles. The van der Waals surface area contributed by atoms with Crippen molar-refractivity contribution in [2.45, 2.75) is 71.5 Å². The van der Waals surface area contributed by atoms with Gasteiger partial charge in [0.2, 0.25) is 0 Å². The summed E-state index contributed by atoms with van der Waals surface area (Å²) in [6.45, 7) is 4.68. The summed E-state index contributed by atoms with van der Waals surface area (Å²) in [5.41, 5.74) is 0.663. The number of halogens is 1. The molecule has 2 amide bonds. The first-order valence-corrected chi connectivity index (χ1v) is 17.7. The van der Waals surface area contributed by atoms with Crippen molar-refractivity contribution >= 4 is 40.0 Å². The number of anilines is 1. The van der Waals surface area contributed by atoms with Crippen LogP contribution >= 0.6 is 0 Å². The molecule has 3 aromatic carbocycles. The zero-order valence-corrected chi connectivity index (χ0v) is 29.5. The second kappa shape index (κ2) is 14.2. The SMILES string of the molecule is COc1cc(F)c(O[C@H]2CC[C@@](C)(C(=O)OCc3cccc4ccccc34)CC2)cc1C(=O)Nc1nn2cccnc2c1C(=O)NCC1(C)CCC1. The lowest BCUT2D eigenvalue weighted by atomic mass is 9.70. The maximum atomic E-state index is 15.4. The van der Waals surface area contributed by atoms with E-state index in [1.165, 1.54) is 17.7 Å². The molecule has 12 heteroatoms. The summed E-state index contributed by atoms with van der Waals surface area (Å²) in [5.74, 6) is -2.18. The molecule has 11 nitrogen and oxygen atoms in total. The predicted octanol–water partition coefficient (Wildman–Crippen LogP) is 7.27. The molecule has 0 radical (unpaired) electrons. The molecule has 2 fully saturated rings. The van der Waals surface area contributed by atoms with E-state index in [4.69, 9.17) is 14.2 Å². The standard InChI is InChI=1S/C40H42FN5O6/c1-39(15-7-16-39)24-43-37(48)33-34(45-46-20-8-19-42-35(33)46)44-36(47)29-21-32(30(41)22-31(29)50-3)52-27-13-17-40(2,18-14-27)38(49)51-23-26-11-6-10-25-9-4-5-12-28(25)26/h4-6,8-12,19-22,27H,7,13-18,23-24H2,1-3H3,(H,43,48)(H,44,45,47)/t27-,40+. The van der Waals surface area contributed by atoms with Crippen molar-refractivity contribution in [2.75, 3.05) is 19.0 Å². The van der Waals surface area contributed by atoms with Crippen molar-refractivity contribution in [3.8, 4) is 11.5 Å². The normalized spacial score (nSPS) is 19.4. The van der Waals surface area contributed by atoms with Gasteiger partial charge >= 0.3 is 5.97 Å². The first kappa shape index (κ1) is 34.9. The summed E-state index contributed by atoms with van der Waals surface area (Å²) in [5, 5.41) is 12.3. The molecule has 0 saturated heterocycles. The largest absolute Gasteiger partial charge is 0.496 e. The van der Waals surface area contributed by atoms with Crippen LogP contribution in [-0.2, 0) is 16.1 Å². The highest BCUT2D eigenvalue weighted by Crippen LogP contribution is 2.41. The maximum Gasteiger partial charge on any atom is 0.312 e. The number of hydrogen-bond donors (Lipinski definition) is 2. The van der Waals surface area contributed by atoms with Crippen LogP contribution in [0.5, 0.6) is 11.5 Å². The molecular formula is C40H42FN5O6. The molecule has 2 aromatic heterocycles. The Hall–Kier alpha value is -5.52. The molecule has 7 rings (SSSR count). The number of aromatic nitrogens is 3. The molecule has 2 heterocycles. The Kier molecular flexibility index (Phi) is 9.56. The lowest BCUT2D eigenvalue weighted by Crippen LogP contribution is -2.40. The first-order chi connectivity index (χ1) is 25.1. The van der Waals surface area contributed by atoms with Crippen LogP contribution in [0.15, 0.2) is 73.1 Å². The summed E-state index contributed by atoms with van der Waals surface area (Å²) in [6.07, 6.45) is 7.91. The van der Waals surface area contributed by atoms with Crippen molar-refractivity contribution in [2.24, 2.45) is 10.8 Å². The molecule has 2 saturated carbocycles. The van der Waals surface area contributed by atoms with E-state index in [0.29, 0.717) is 32.2 Å². The van der Waals surface area contributed by atoms with Crippen LogP contribution in [0.3, 0.4) is 0 Å². The predicted molar refractivity (Wildman–Crippen MR) is 193 cm³/mol. The number of methoxy groups -OCH3 is 1. The summed E-state index contributed by atoms with van der Waals surface area (Å²) < 4.78 is 34.1. The number of hydrogen-bond acceptors (Lipinski definition) is 8. The van der Waals surface area contributed by atoms with E-state index in [1.807, 2.05) is 49.4 Å². The van der Waals surface area contributed by atoms with Crippen LogP contribution in [0, 0.1) is 16.6 Å². The van der Waals surface area contributed by atoms with Crippen molar-refractivity contribution in [1.82, 2.24) is 19.9 Å². The van der Waals surface area contributed by atoms with Gasteiger partial charge in [0.1, 0.15) is 17.9 Å². The molecule has 0 aliphatic heterocycles. The van der Waals surface area contributed by atoms with Gasteiger partial charge in [-0.15, -0.1) is 5.10 Å². The third kappa shape index (κ3) is 7.02. The number of benzene rings is 3. The van der Waals surface area contributed by atoms with Crippen LogP contribution < -0.4 is 20.1 Å². The summed E-state index contributed by atoms with van der Waals surface area (Å²) >= 11 is 0. The minimum atomic E-state index is -0.712. The fraction of sp³-hybridized carbons (Fsp3) is 0.375. The van der Waals surface area contributed by atoms with E-state index in [0.717, 1.165) is 41.7 Å². The average molecular weight is 708 g/mol. The third-order valence-electron chi connectivity index (χ3n) is 10.7. The zero-order valence-electron chi connectivity index (χ0n) is 29.5. The minimum Gasteiger partial charge on any atom is -0.496 e. The van der Waals surface area contributed by atoms with Gasteiger partial charge in [-0.05, 0) is 79.3 Å². The molecule has 0 spiro atoms. The van der Waals surface area contributed by atoms with Crippen LogP contribution in [0.25, 0.3) is 16.4 Å². The summed E-state index contributed by atoms with van der Waals surface area (Å²) in [7, 11) is 1.34. The third-order valence-corrected chi connectivity index (χ3v) is 10.7. The smallest absolute Gasteiger partial charge is 0.312 e. The van der Waals surface area contributed by atoms with Crippen molar-refractivity contribution in [3.05, 3.63) is 95.6 Å². The first-order valence-electron chi connectivity index (χ1n) is 17.7. The van der Waals surface area contributed by atoms with Gasteiger partial charge in [-0.2, -0.15) is 0 Å². The number of nitrogens with one attached hydrogen (secondary N) is 2. The quantitative estimate of drug-likeness (QED) is 0.137.